The maximum Gasteiger partial charge on any atom is 0.137 e. The molecular formula is C14H15N3O. The van der Waals surface area contributed by atoms with Crippen molar-refractivity contribution in [1.82, 2.24) is 9.55 Å². The number of imidazole rings is 1. The molecule has 3 rings (SSSR count). The van der Waals surface area contributed by atoms with Gasteiger partial charge in [0.2, 0.25) is 0 Å². The lowest BCUT2D eigenvalue weighted by molar-refractivity contribution is 0.513. The number of hydrogen-bond acceptors (Lipinski definition) is 3. The smallest absolute Gasteiger partial charge is 0.137 e. The number of hydrogen-bond donors (Lipinski definition) is 1. The minimum atomic E-state index is -0.288. The Balaban J connectivity index is 2.10. The highest BCUT2D eigenvalue weighted by Gasteiger charge is 2.17. The van der Waals surface area contributed by atoms with Crippen LogP contribution < -0.4 is 5.73 Å². The molecular weight excluding hydrogens is 226 g/mol. The normalized spacial score (nSPS) is 13.1. The summed E-state index contributed by atoms with van der Waals surface area (Å²) in [6.07, 6.45) is 3.51. The highest BCUT2D eigenvalue weighted by atomic mass is 16.3. The van der Waals surface area contributed by atoms with Crippen molar-refractivity contribution >= 4 is 11.0 Å². The van der Waals surface area contributed by atoms with Crippen molar-refractivity contribution in [2.24, 2.45) is 12.8 Å². The summed E-state index contributed by atoms with van der Waals surface area (Å²) in [4.78, 5) is 4.08. The first-order chi connectivity index (χ1) is 8.66. The summed E-state index contributed by atoms with van der Waals surface area (Å²) in [6.45, 7) is 2.03. The molecule has 0 aliphatic carbocycles. The van der Waals surface area contributed by atoms with E-state index in [0.29, 0.717) is 0 Å². The fourth-order valence-corrected chi connectivity index (χ4v) is 2.19. The number of aryl methyl sites for hydroxylation is 2. The molecule has 0 spiro atoms. The molecule has 2 aromatic heterocycles. The van der Waals surface area contributed by atoms with Crippen molar-refractivity contribution in [3.8, 4) is 0 Å². The average Bonchev–Trinajstić information content (AvgIpc) is 2.95. The number of fused-ring (bicyclic) bond motifs is 1. The summed E-state index contributed by atoms with van der Waals surface area (Å²) >= 11 is 0. The fourth-order valence-electron chi connectivity index (χ4n) is 2.19. The Morgan fingerprint density at radius 3 is 2.89 bits per heavy atom. The average molecular weight is 241 g/mol. The van der Waals surface area contributed by atoms with Gasteiger partial charge >= 0.3 is 0 Å². The summed E-state index contributed by atoms with van der Waals surface area (Å²) in [5.41, 5.74) is 9.19. The molecule has 0 bridgehead atoms. The van der Waals surface area contributed by atoms with E-state index in [1.54, 1.807) is 12.5 Å². The van der Waals surface area contributed by atoms with E-state index in [2.05, 4.69) is 4.98 Å². The van der Waals surface area contributed by atoms with E-state index in [0.717, 1.165) is 28.0 Å². The van der Waals surface area contributed by atoms with Crippen LogP contribution in [0.3, 0.4) is 0 Å². The first-order valence-electron chi connectivity index (χ1n) is 5.87. The van der Waals surface area contributed by atoms with Gasteiger partial charge in [0.05, 0.1) is 18.2 Å². The van der Waals surface area contributed by atoms with Crippen molar-refractivity contribution in [1.29, 1.82) is 0 Å². The third-order valence-electron chi connectivity index (χ3n) is 3.24. The minimum absolute atomic E-state index is 0.288. The van der Waals surface area contributed by atoms with Gasteiger partial charge in [0.1, 0.15) is 17.4 Å². The van der Waals surface area contributed by atoms with Gasteiger partial charge in [0.15, 0.2) is 0 Å². The van der Waals surface area contributed by atoms with E-state index in [1.807, 2.05) is 42.8 Å². The van der Waals surface area contributed by atoms with Gasteiger partial charge in [-0.25, -0.2) is 4.98 Å². The number of benzene rings is 1. The van der Waals surface area contributed by atoms with Crippen LogP contribution in [0.1, 0.15) is 23.1 Å². The van der Waals surface area contributed by atoms with Crippen LogP contribution in [0.5, 0.6) is 0 Å². The van der Waals surface area contributed by atoms with Gasteiger partial charge in [-0.1, -0.05) is 18.2 Å². The Labute approximate surface area is 105 Å². The molecule has 4 nitrogen and oxygen atoms in total. The fraction of sp³-hybridized carbons (Fsp3) is 0.214. The van der Waals surface area contributed by atoms with Gasteiger partial charge in [-0.05, 0) is 18.6 Å². The van der Waals surface area contributed by atoms with Crippen LogP contribution in [-0.4, -0.2) is 9.55 Å². The van der Waals surface area contributed by atoms with E-state index in [-0.39, 0.29) is 6.04 Å². The first-order valence-corrected chi connectivity index (χ1v) is 5.87. The highest BCUT2D eigenvalue weighted by Crippen LogP contribution is 2.28. The maximum absolute atomic E-state index is 6.22. The summed E-state index contributed by atoms with van der Waals surface area (Å²) in [5.74, 6) is 0.767. The van der Waals surface area contributed by atoms with Crippen molar-refractivity contribution in [3.63, 3.8) is 0 Å². The second-order valence-corrected chi connectivity index (χ2v) is 4.55. The quantitative estimate of drug-likeness (QED) is 0.750. The standard InChI is InChI=1S/C14H15N3O/c1-9-4-3-5-10-6-12(18-14(9)10)13(15)11-7-16-8-17(11)2/h3-8,13H,15H2,1-2H3. The molecule has 0 aliphatic rings. The Kier molecular flexibility index (Phi) is 2.45. The van der Waals surface area contributed by atoms with Gasteiger partial charge < -0.3 is 14.7 Å². The van der Waals surface area contributed by atoms with Crippen LogP contribution in [0.15, 0.2) is 41.2 Å². The lowest BCUT2D eigenvalue weighted by Gasteiger charge is -2.08. The van der Waals surface area contributed by atoms with Gasteiger partial charge in [-0.2, -0.15) is 0 Å². The third kappa shape index (κ3) is 1.62. The van der Waals surface area contributed by atoms with E-state index in [4.69, 9.17) is 10.2 Å². The molecule has 4 heteroatoms. The molecule has 18 heavy (non-hydrogen) atoms. The van der Waals surface area contributed by atoms with Gasteiger partial charge in [0.25, 0.3) is 0 Å². The first kappa shape index (κ1) is 11.0. The molecule has 0 saturated heterocycles. The van der Waals surface area contributed by atoms with Crippen LogP contribution >= 0.6 is 0 Å². The predicted molar refractivity (Wildman–Crippen MR) is 70.2 cm³/mol. The largest absolute Gasteiger partial charge is 0.459 e. The Morgan fingerprint density at radius 1 is 1.39 bits per heavy atom. The Hall–Kier alpha value is -2.07. The summed E-state index contributed by atoms with van der Waals surface area (Å²) in [5, 5.41) is 1.09. The molecule has 1 unspecified atom stereocenters. The molecule has 0 aliphatic heterocycles. The second-order valence-electron chi connectivity index (χ2n) is 4.55. The van der Waals surface area contributed by atoms with Crippen LogP contribution in [0.4, 0.5) is 0 Å². The number of aromatic nitrogens is 2. The van der Waals surface area contributed by atoms with E-state index < -0.39 is 0 Å². The third-order valence-corrected chi connectivity index (χ3v) is 3.24. The van der Waals surface area contributed by atoms with Crippen LogP contribution in [0.2, 0.25) is 0 Å². The topological polar surface area (TPSA) is 57.0 Å². The molecule has 2 N–H and O–H groups in total. The molecule has 0 fully saturated rings. The SMILES string of the molecule is Cc1cccc2cc(C(N)c3cncn3C)oc12. The lowest BCUT2D eigenvalue weighted by atomic mass is 10.1. The summed E-state index contributed by atoms with van der Waals surface area (Å²) in [6, 6.07) is 7.80. The van der Waals surface area contributed by atoms with Gasteiger partial charge in [-0.15, -0.1) is 0 Å². The number of rotatable bonds is 2. The minimum Gasteiger partial charge on any atom is -0.459 e. The molecule has 1 aromatic carbocycles. The van der Waals surface area contributed by atoms with Crippen LogP contribution in [0.25, 0.3) is 11.0 Å². The molecule has 0 saturated carbocycles. The van der Waals surface area contributed by atoms with Crippen molar-refractivity contribution in [2.75, 3.05) is 0 Å². The number of nitrogens with zero attached hydrogens (tertiary/aromatic N) is 2. The van der Waals surface area contributed by atoms with E-state index in [9.17, 15) is 0 Å². The summed E-state index contributed by atoms with van der Waals surface area (Å²) < 4.78 is 7.78. The zero-order valence-corrected chi connectivity index (χ0v) is 10.4. The van der Waals surface area contributed by atoms with Crippen molar-refractivity contribution in [3.05, 3.63) is 53.8 Å². The van der Waals surface area contributed by atoms with Crippen molar-refractivity contribution < 1.29 is 4.42 Å². The van der Waals surface area contributed by atoms with E-state index in [1.165, 1.54) is 0 Å². The molecule has 1 atom stereocenters. The van der Waals surface area contributed by atoms with Gasteiger partial charge in [-0.3, -0.25) is 0 Å². The molecule has 92 valence electrons. The zero-order valence-electron chi connectivity index (χ0n) is 10.4. The molecule has 0 radical (unpaired) electrons. The van der Waals surface area contributed by atoms with Gasteiger partial charge in [0, 0.05) is 12.4 Å². The molecule has 0 amide bonds. The Bertz CT molecular complexity index is 696. The lowest BCUT2D eigenvalue weighted by Crippen LogP contribution is -2.14. The van der Waals surface area contributed by atoms with Crippen molar-refractivity contribution in [2.45, 2.75) is 13.0 Å². The number of para-hydroxylation sites is 1. The second kappa shape index (κ2) is 3.99. The highest BCUT2D eigenvalue weighted by molar-refractivity contribution is 5.81. The number of furan rings is 1. The number of nitrogens with two attached hydrogens (primary N) is 1. The Morgan fingerprint density at radius 2 is 2.22 bits per heavy atom. The molecule has 2 heterocycles. The summed E-state index contributed by atoms with van der Waals surface area (Å²) in [7, 11) is 1.93. The monoisotopic (exact) mass is 241 g/mol. The maximum atomic E-state index is 6.22. The van der Waals surface area contributed by atoms with Crippen LogP contribution in [0, 0.1) is 6.92 Å². The zero-order chi connectivity index (χ0) is 12.7. The predicted octanol–water partition coefficient (Wildman–Crippen LogP) is 2.52. The van der Waals surface area contributed by atoms with E-state index >= 15 is 0 Å². The molecule has 3 aromatic rings. The van der Waals surface area contributed by atoms with Crippen LogP contribution in [-0.2, 0) is 7.05 Å².